The molecule has 0 saturated carbocycles. The van der Waals surface area contributed by atoms with Gasteiger partial charge in [-0.05, 0) is 66.2 Å². The summed E-state index contributed by atoms with van der Waals surface area (Å²) in [6.45, 7) is 0. The van der Waals surface area contributed by atoms with Crippen LogP contribution < -0.4 is 21.3 Å². The number of amides is 1. The van der Waals surface area contributed by atoms with E-state index in [0.29, 0.717) is 28.7 Å². The number of anilines is 2. The Morgan fingerprint density at radius 2 is 1.76 bits per heavy atom. The van der Waals surface area contributed by atoms with E-state index in [-0.39, 0.29) is 5.56 Å². The standard InChI is InChI=1S/C33H25FN8O3S/c1-40-16-20(15-38-40)29-27(19-4-3-5-22(35)14-19)28-31(36-18-37-32(28)46-29)45-25-12-8-23(9-13-25)39-30(43)26-17-41(2)42(33(26)44)24-10-6-21(34)7-11-24/h3-18H,35H2,1-2H3,(H,39,43). The number of hydrogen-bond acceptors (Lipinski definition) is 8. The molecule has 0 fully saturated rings. The Labute approximate surface area is 264 Å². The Hall–Kier alpha value is -6.08. The molecule has 3 aromatic carbocycles. The van der Waals surface area contributed by atoms with E-state index < -0.39 is 17.3 Å². The molecule has 0 saturated heterocycles. The van der Waals surface area contributed by atoms with Gasteiger partial charge >= 0.3 is 0 Å². The third kappa shape index (κ3) is 5.28. The molecular formula is C33H25FN8O3S. The lowest BCUT2D eigenvalue weighted by Crippen LogP contribution is -2.25. The van der Waals surface area contributed by atoms with Gasteiger partial charge < -0.3 is 15.8 Å². The molecule has 4 heterocycles. The predicted octanol–water partition coefficient (Wildman–Crippen LogP) is 6.01. The quantitative estimate of drug-likeness (QED) is 0.205. The summed E-state index contributed by atoms with van der Waals surface area (Å²) in [6.07, 6.45) is 6.62. The van der Waals surface area contributed by atoms with Crippen molar-refractivity contribution in [2.75, 3.05) is 11.1 Å². The van der Waals surface area contributed by atoms with Crippen molar-refractivity contribution in [1.29, 1.82) is 0 Å². The Kier molecular flexibility index (Phi) is 7.14. The van der Waals surface area contributed by atoms with E-state index in [2.05, 4.69) is 20.4 Å². The molecule has 46 heavy (non-hydrogen) atoms. The third-order valence-corrected chi connectivity index (χ3v) is 8.44. The molecule has 0 aliphatic heterocycles. The number of halogens is 1. The Balaban J connectivity index is 1.18. The molecule has 228 valence electrons. The second-order valence-corrected chi connectivity index (χ2v) is 11.5. The molecular weight excluding hydrogens is 607 g/mol. The van der Waals surface area contributed by atoms with E-state index in [0.717, 1.165) is 31.8 Å². The van der Waals surface area contributed by atoms with E-state index in [9.17, 15) is 14.0 Å². The number of aryl methyl sites for hydroxylation is 2. The number of carbonyl (C=O) groups is 1. The van der Waals surface area contributed by atoms with Crippen LogP contribution in [0.15, 0.2) is 103 Å². The summed E-state index contributed by atoms with van der Waals surface area (Å²) in [5, 5.41) is 7.84. The van der Waals surface area contributed by atoms with Gasteiger partial charge in [0, 0.05) is 53.9 Å². The summed E-state index contributed by atoms with van der Waals surface area (Å²) in [6, 6.07) is 19.8. The second kappa shape index (κ2) is 11.4. The highest BCUT2D eigenvalue weighted by atomic mass is 32.1. The monoisotopic (exact) mass is 632 g/mol. The number of rotatable bonds is 7. The molecule has 1 amide bonds. The minimum absolute atomic E-state index is 0.0634. The highest BCUT2D eigenvalue weighted by Gasteiger charge is 2.23. The maximum absolute atomic E-state index is 13.4. The maximum Gasteiger partial charge on any atom is 0.284 e. The summed E-state index contributed by atoms with van der Waals surface area (Å²) >= 11 is 1.51. The van der Waals surface area contributed by atoms with Gasteiger partial charge in [-0.25, -0.2) is 19.0 Å². The number of thiophene rings is 1. The molecule has 11 nitrogen and oxygen atoms in total. The molecule has 0 atom stereocenters. The molecule has 7 rings (SSSR count). The molecule has 0 radical (unpaired) electrons. The second-order valence-electron chi connectivity index (χ2n) is 10.5. The van der Waals surface area contributed by atoms with Crippen LogP contribution in [0.3, 0.4) is 0 Å². The molecule has 3 N–H and O–H groups in total. The highest BCUT2D eigenvalue weighted by molar-refractivity contribution is 7.22. The number of ether oxygens (including phenoxy) is 1. The first-order valence-electron chi connectivity index (χ1n) is 14.0. The van der Waals surface area contributed by atoms with Crippen LogP contribution in [0.2, 0.25) is 0 Å². The molecule has 13 heteroatoms. The number of nitrogens with zero attached hydrogens (tertiary/aromatic N) is 6. The maximum atomic E-state index is 13.4. The van der Waals surface area contributed by atoms with Gasteiger partial charge in [-0.2, -0.15) is 5.10 Å². The van der Waals surface area contributed by atoms with E-state index in [1.54, 1.807) is 42.2 Å². The average Bonchev–Trinajstić information content (AvgIpc) is 3.73. The van der Waals surface area contributed by atoms with Crippen LogP contribution in [0.4, 0.5) is 15.8 Å². The summed E-state index contributed by atoms with van der Waals surface area (Å²) in [7, 11) is 3.49. The number of nitrogen functional groups attached to an aromatic ring is 1. The lowest BCUT2D eigenvalue weighted by molar-refractivity contribution is 0.102. The minimum atomic E-state index is -0.583. The van der Waals surface area contributed by atoms with Gasteiger partial charge in [0.05, 0.1) is 17.3 Å². The molecule has 0 bridgehead atoms. The van der Waals surface area contributed by atoms with Crippen LogP contribution in [0.25, 0.3) is 37.5 Å². The molecule has 7 aromatic rings. The van der Waals surface area contributed by atoms with Gasteiger partial charge in [-0.1, -0.05) is 12.1 Å². The molecule has 0 unspecified atom stereocenters. The van der Waals surface area contributed by atoms with Gasteiger partial charge in [0.2, 0.25) is 5.88 Å². The van der Waals surface area contributed by atoms with Crippen LogP contribution in [0.5, 0.6) is 11.6 Å². The smallest absolute Gasteiger partial charge is 0.284 e. The minimum Gasteiger partial charge on any atom is -0.438 e. The molecule has 4 aromatic heterocycles. The average molecular weight is 633 g/mol. The first kappa shape index (κ1) is 28.7. The Bertz CT molecular complexity index is 2300. The summed E-state index contributed by atoms with van der Waals surface area (Å²) in [4.78, 5) is 36.8. The number of carbonyl (C=O) groups excluding carboxylic acids is 1. The Morgan fingerprint density at radius 3 is 2.48 bits per heavy atom. The fourth-order valence-corrected chi connectivity index (χ4v) is 6.34. The van der Waals surface area contributed by atoms with Gasteiger partial charge in [-0.15, -0.1) is 11.3 Å². The number of benzene rings is 3. The van der Waals surface area contributed by atoms with Gasteiger partial charge in [0.15, 0.2) is 0 Å². The van der Waals surface area contributed by atoms with E-state index in [1.165, 1.54) is 57.5 Å². The number of nitrogens with two attached hydrogens (primary N) is 1. The van der Waals surface area contributed by atoms with Crippen molar-refractivity contribution in [2.24, 2.45) is 14.1 Å². The van der Waals surface area contributed by atoms with Crippen LogP contribution >= 0.6 is 11.3 Å². The zero-order valence-corrected chi connectivity index (χ0v) is 25.3. The molecule has 0 aliphatic rings. The van der Waals surface area contributed by atoms with E-state index in [1.807, 2.05) is 37.5 Å². The van der Waals surface area contributed by atoms with Crippen LogP contribution in [0, 0.1) is 5.82 Å². The first-order valence-corrected chi connectivity index (χ1v) is 14.8. The summed E-state index contributed by atoms with van der Waals surface area (Å²) in [5.74, 6) is -0.173. The molecule has 0 spiro atoms. The number of nitrogens with one attached hydrogen (secondary N) is 1. The van der Waals surface area contributed by atoms with Crippen molar-refractivity contribution in [3.8, 4) is 38.9 Å². The highest BCUT2D eigenvalue weighted by Crippen LogP contribution is 2.47. The van der Waals surface area contributed by atoms with E-state index >= 15 is 0 Å². The fraction of sp³-hybridized carbons (Fsp3) is 0.0606. The summed E-state index contributed by atoms with van der Waals surface area (Å²) in [5.41, 5.74) is 9.78. The number of hydrogen-bond donors (Lipinski definition) is 2. The SMILES string of the molecule is Cn1cc(-c2sc3ncnc(Oc4ccc(NC(=O)c5cn(C)n(-c6ccc(F)cc6)c5=O)cc4)c3c2-c2cccc(N)c2)cn1. The van der Waals surface area contributed by atoms with Crippen molar-refractivity contribution in [2.45, 2.75) is 0 Å². The van der Waals surface area contributed by atoms with Crippen molar-refractivity contribution in [3.05, 3.63) is 119 Å². The normalized spacial score (nSPS) is 11.2. The van der Waals surface area contributed by atoms with Gasteiger partial charge in [0.1, 0.15) is 28.3 Å². The number of fused-ring (bicyclic) bond motifs is 1. The van der Waals surface area contributed by atoms with Crippen LogP contribution in [0.1, 0.15) is 10.4 Å². The number of aromatic nitrogens is 6. The largest absolute Gasteiger partial charge is 0.438 e. The predicted molar refractivity (Wildman–Crippen MR) is 175 cm³/mol. The fourth-order valence-electron chi connectivity index (χ4n) is 5.21. The summed E-state index contributed by atoms with van der Waals surface area (Å²) < 4.78 is 24.2. The zero-order chi connectivity index (χ0) is 31.9. The topological polar surface area (TPSA) is 135 Å². The van der Waals surface area contributed by atoms with Crippen molar-refractivity contribution >= 4 is 38.8 Å². The van der Waals surface area contributed by atoms with Crippen molar-refractivity contribution in [3.63, 3.8) is 0 Å². The van der Waals surface area contributed by atoms with Crippen LogP contribution in [-0.4, -0.2) is 35.0 Å². The Morgan fingerprint density at radius 1 is 0.978 bits per heavy atom. The van der Waals surface area contributed by atoms with Crippen molar-refractivity contribution in [1.82, 2.24) is 29.1 Å². The lowest BCUT2D eigenvalue weighted by Gasteiger charge is -2.10. The van der Waals surface area contributed by atoms with Crippen molar-refractivity contribution < 1.29 is 13.9 Å². The zero-order valence-electron chi connectivity index (χ0n) is 24.5. The molecule has 0 aliphatic carbocycles. The van der Waals surface area contributed by atoms with Gasteiger partial charge in [-0.3, -0.25) is 19.0 Å². The first-order chi connectivity index (χ1) is 22.2. The van der Waals surface area contributed by atoms with E-state index in [4.69, 9.17) is 10.5 Å². The third-order valence-electron chi connectivity index (χ3n) is 7.29. The lowest BCUT2D eigenvalue weighted by atomic mass is 10.0. The van der Waals surface area contributed by atoms with Crippen LogP contribution in [-0.2, 0) is 14.1 Å². The van der Waals surface area contributed by atoms with Gasteiger partial charge in [0.25, 0.3) is 11.5 Å².